The topological polar surface area (TPSA) is 66.4 Å². The molecule has 2 aromatic rings. The zero-order valence-corrected chi connectivity index (χ0v) is 12.7. The van der Waals surface area contributed by atoms with Gasteiger partial charge in [0.1, 0.15) is 11.4 Å². The Morgan fingerprint density at radius 1 is 1.24 bits per heavy atom. The molecule has 0 radical (unpaired) electrons. The highest BCUT2D eigenvalue weighted by atomic mass is 79.9. The molecule has 0 aliphatic carbocycles. The van der Waals surface area contributed by atoms with Crippen LogP contribution in [-0.4, -0.2) is 17.0 Å². The van der Waals surface area contributed by atoms with Crippen molar-refractivity contribution in [1.82, 2.24) is 0 Å². The molecule has 0 saturated heterocycles. The number of carbonyl (C=O) groups excluding carboxylic acids is 1. The summed E-state index contributed by atoms with van der Waals surface area (Å²) in [5, 5.41) is 11.5. The van der Waals surface area contributed by atoms with E-state index < -0.39 is 17.7 Å². The standard InChI is InChI=1S/C14H8BrClFNO3/c15-8-5-4-7(6-10(8)17)13(19)18-11-3-1-2-9(16)12(11)14(20)21/h1-6H,(H,18,19)(H,20,21). The van der Waals surface area contributed by atoms with Crippen LogP contribution in [0.25, 0.3) is 0 Å². The number of carbonyl (C=O) groups is 2. The van der Waals surface area contributed by atoms with Crippen LogP contribution in [0.5, 0.6) is 0 Å². The fourth-order valence-electron chi connectivity index (χ4n) is 1.68. The van der Waals surface area contributed by atoms with Crippen molar-refractivity contribution in [3.63, 3.8) is 0 Å². The highest BCUT2D eigenvalue weighted by molar-refractivity contribution is 9.10. The van der Waals surface area contributed by atoms with Crippen LogP contribution >= 0.6 is 27.5 Å². The van der Waals surface area contributed by atoms with E-state index in [1.165, 1.54) is 30.3 Å². The number of hydrogen-bond acceptors (Lipinski definition) is 2. The number of carboxylic acid groups (broad SMARTS) is 1. The van der Waals surface area contributed by atoms with Crippen LogP contribution < -0.4 is 5.32 Å². The first-order valence-corrected chi connectivity index (χ1v) is 6.85. The van der Waals surface area contributed by atoms with Crippen molar-refractivity contribution in [3.05, 3.63) is 62.8 Å². The summed E-state index contributed by atoms with van der Waals surface area (Å²) in [6.45, 7) is 0. The van der Waals surface area contributed by atoms with E-state index in [4.69, 9.17) is 16.7 Å². The van der Waals surface area contributed by atoms with Gasteiger partial charge in [-0.15, -0.1) is 0 Å². The summed E-state index contributed by atoms with van der Waals surface area (Å²) < 4.78 is 13.6. The number of rotatable bonds is 3. The van der Waals surface area contributed by atoms with Gasteiger partial charge in [-0.25, -0.2) is 9.18 Å². The van der Waals surface area contributed by atoms with Crippen molar-refractivity contribution < 1.29 is 19.1 Å². The van der Waals surface area contributed by atoms with Crippen molar-refractivity contribution >= 4 is 45.1 Å². The minimum absolute atomic E-state index is 0.00212. The molecule has 2 N–H and O–H groups in total. The molecule has 4 nitrogen and oxygen atoms in total. The monoisotopic (exact) mass is 371 g/mol. The predicted molar refractivity (Wildman–Crippen MR) is 80.5 cm³/mol. The number of benzene rings is 2. The van der Waals surface area contributed by atoms with Crippen molar-refractivity contribution in [2.45, 2.75) is 0 Å². The Balaban J connectivity index is 2.34. The number of hydrogen-bond donors (Lipinski definition) is 2. The van der Waals surface area contributed by atoms with Gasteiger partial charge < -0.3 is 10.4 Å². The average Bonchev–Trinajstić information content (AvgIpc) is 2.41. The van der Waals surface area contributed by atoms with E-state index in [9.17, 15) is 14.0 Å². The van der Waals surface area contributed by atoms with Crippen LogP contribution in [0.1, 0.15) is 20.7 Å². The van der Waals surface area contributed by atoms with Crippen molar-refractivity contribution in [1.29, 1.82) is 0 Å². The summed E-state index contributed by atoms with van der Waals surface area (Å²) in [6, 6.07) is 8.16. The lowest BCUT2D eigenvalue weighted by atomic mass is 10.1. The molecular weight excluding hydrogens is 365 g/mol. The van der Waals surface area contributed by atoms with Crippen LogP contribution in [0.15, 0.2) is 40.9 Å². The first-order valence-electron chi connectivity index (χ1n) is 5.68. The van der Waals surface area contributed by atoms with Crippen LogP contribution in [0.3, 0.4) is 0 Å². The summed E-state index contributed by atoms with van der Waals surface area (Å²) in [4.78, 5) is 23.2. The maximum Gasteiger partial charge on any atom is 0.339 e. The summed E-state index contributed by atoms with van der Waals surface area (Å²) in [5.74, 6) is -2.49. The van der Waals surface area contributed by atoms with E-state index in [1.54, 1.807) is 0 Å². The maximum absolute atomic E-state index is 13.4. The normalized spacial score (nSPS) is 10.2. The van der Waals surface area contributed by atoms with Gasteiger partial charge in [0.05, 0.1) is 15.2 Å². The number of halogens is 3. The predicted octanol–water partition coefficient (Wildman–Crippen LogP) is 4.19. The van der Waals surface area contributed by atoms with E-state index in [0.717, 1.165) is 6.07 Å². The molecule has 0 aliphatic heterocycles. The first-order chi connectivity index (χ1) is 9.90. The van der Waals surface area contributed by atoms with E-state index >= 15 is 0 Å². The van der Waals surface area contributed by atoms with Gasteiger partial charge in [-0.3, -0.25) is 4.79 Å². The Bertz CT molecular complexity index is 736. The smallest absolute Gasteiger partial charge is 0.339 e. The van der Waals surface area contributed by atoms with E-state index in [0.29, 0.717) is 0 Å². The summed E-state index contributed by atoms with van der Waals surface area (Å²) in [6.07, 6.45) is 0. The Hall–Kier alpha value is -1.92. The lowest BCUT2D eigenvalue weighted by Gasteiger charge is -2.10. The number of nitrogens with one attached hydrogen (secondary N) is 1. The van der Waals surface area contributed by atoms with Crippen molar-refractivity contribution in [3.8, 4) is 0 Å². The zero-order chi connectivity index (χ0) is 15.6. The molecule has 0 saturated carbocycles. The molecular formula is C14H8BrClFNO3. The molecule has 0 atom stereocenters. The minimum atomic E-state index is -1.27. The number of carboxylic acids is 1. The molecule has 0 heterocycles. The molecule has 2 rings (SSSR count). The molecule has 0 bridgehead atoms. The third kappa shape index (κ3) is 3.40. The summed E-state index contributed by atoms with van der Waals surface area (Å²) in [5.41, 5.74) is -0.111. The molecule has 2 aromatic carbocycles. The lowest BCUT2D eigenvalue weighted by Crippen LogP contribution is -2.15. The molecule has 21 heavy (non-hydrogen) atoms. The van der Waals surface area contributed by atoms with Crippen LogP contribution in [-0.2, 0) is 0 Å². The maximum atomic E-state index is 13.4. The zero-order valence-electron chi connectivity index (χ0n) is 10.4. The molecule has 0 unspecified atom stereocenters. The van der Waals surface area contributed by atoms with E-state index in [1.807, 2.05) is 0 Å². The Kier molecular flexibility index (Phi) is 4.59. The minimum Gasteiger partial charge on any atom is -0.478 e. The number of anilines is 1. The molecule has 1 amide bonds. The fourth-order valence-corrected chi connectivity index (χ4v) is 2.18. The van der Waals surface area contributed by atoms with E-state index in [2.05, 4.69) is 21.2 Å². The third-order valence-electron chi connectivity index (χ3n) is 2.66. The molecule has 0 spiro atoms. The summed E-state index contributed by atoms with van der Waals surface area (Å²) >= 11 is 8.79. The second-order valence-corrected chi connectivity index (χ2v) is 5.31. The van der Waals surface area contributed by atoms with Crippen LogP contribution in [0, 0.1) is 5.82 Å². The first kappa shape index (κ1) is 15.5. The van der Waals surface area contributed by atoms with Gasteiger partial charge in [0.2, 0.25) is 0 Å². The Morgan fingerprint density at radius 2 is 1.95 bits per heavy atom. The summed E-state index contributed by atoms with van der Waals surface area (Å²) in [7, 11) is 0. The van der Waals surface area contributed by atoms with Gasteiger partial charge in [0.15, 0.2) is 0 Å². The Morgan fingerprint density at radius 3 is 2.57 bits per heavy atom. The lowest BCUT2D eigenvalue weighted by molar-refractivity contribution is 0.0698. The van der Waals surface area contributed by atoms with Gasteiger partial charge in [0.25, 0.3) is 5.91 Å². The quantitative estimate of drug-likeness (QED) is 0.849. The molecule has 108 valence electrons. The van der Waals surface area contributed by atoms with Crippen LogP contribution in [0.4, 0.5) is 10.1 Å². The van der Waals surface area contributed by atoms with Gasteiger partial charge >= 0.3 is 5.97 Å². The van der Waals surface area contributed by atoms with Crippen LogP contribution in [0.2, 0.25) is 5.02 Å². The highest BCUT2D eigenvalue weighted by Crippen LogP contribution is 2.25. The molecule has 0 aromatic heterocycles. The molecule has 0 fully saturated rings. The SMILES string of the molecule is O=C(Nc1cccc(Cl)c1C(=O)O)c1ccc(Br)c(F)c1. The van der Waals surface area contributed by atoms with Gasteiger partial charge in [0, 0.05) is 5.56 Å². The highest BCUT2D eigenvalue weighted by Gasteiger charge is 2.17. The number of amides is 1. The molecule has 0 aliphatic rings. The van der Waals surface area contributed by atoms with Crippen molar-refractivity contribution in [2.24, 2.45) is 0 Å². The molecule has 7 heteroatoms. The second kappa shape index (κ2) is 6.24. The van der Waals surface area contributed by atoms with Gasteiger partial charge in [-0.05, 0) is 46.3 Å². The van der Waals surface area contributed by atoms with Gasteiger partial charge in [-0.1, -0.05) is 17.7 Å². The van der Waals surface area contributed by atoms with Crippen molar-refractivity contribution in [2.75, 3.05) is 5.32 Å². The number of aromatic carboxylic acids is 1. The third-order valence-corrected chi connectivity index (χ3v) is 3.62. The van der Waals surface area contributed by atoms with E-state index in [-0.39, 0.29) is 26.3 Å². The largest absolute Gasteiger partial charge is 0.478 e. The fraction of sp³-hybridized carbons (Fsp3) is 0. The average molecular weight is 373 g/mol. The van der Waals surface area contributed by atoms with Gasteiger partial charge in [-0.2, -0.15) is 0 Å². The Labute approximate surface area is 132 Å². The second-order valence-electron chi connectivity index (χ2n) is 4.05.